The summed E-state index contributed by atoms with van der Waals surface area (Å²) in [5.41, 5.74) is 0.997. The van der Waals surface area contributed by atoms with Crippen molar-refractivity contribution in [3.8, 4) is 0 Å². The second-order valence-corrected chi connectivity index (χ2v) is 5.36. The molecule has 0 bridgehead atoms. The molecule has 18 heavy (non-hydrogen) atoms. The summed E-state index contributed by atoms with van der Waals surface area (Å²) in [6.45, 7) is 7.20. The topological polar surface area (TPSA) is 30.3 Å². The lowest BCUT2D eigenvalue weighted by molar-refractivity contribution is 0.306. The number of amidine groups is 1. The van der Waals surface area contributed by atoms with Gasteiger partial charge in [-0.1, -0.05) is 44.2 Å². The SMILES string of the molecule is CC(C)CN(CCN(C)C)C(=N)c1ccccc1. The van der Waals surface area contributed by atoms with E-state index in [9.17, 15) is 0 Å². The van der Waals surface area contributed by atoms with Gasteiger partial charge >= 0.3 is 0 Å². The van der Waals surface area contributed by atoms with E-state index < -0.39 is 0 Å². The van der Waals surface area contributed by atoms with Crippen molar-refractivity contribution in [1.82, 2.24) is 9.80 Å². The summed E-state index contributed by atoms with van der Waals surface area (Å²) in [5, 5.41) is 8.33. The van der Waals surface area contributed by atoms with Gasteiger partial charge in [0.05, 0.1) is 0 Å². The predicted octanol–water partition coefficient (Wildman–Crippen LogP) is 2.53. The van der Waals surface area contributed by atoms with Gasteiger partial charge in [-0.2, -0.15) is 0 Å². The highest BCUT2D eigenvalue weighted by atomic mass is 15.2. The van der Waals surface area contributed by atoms with Crippen LogP contribution in [-0.4, -0.2) is 49.4 Å². The highest BCUT2D eigenvalue weighted by Crippen LogP contribution is 2.07. The third-order valence-corrected chi connectivity index (χ3v) is 2.77. The third kappa shape index (κ3) is 4.88. The first kappa shape index (κ1) is 14.7. The molecule has 0 heterocycles. The van der Waals surface area contributed by atoms with E-state index in [4.69, 9.17) is 5.41 Å². The molecule has 0 unspecified atom stereocenters. The highest BCUT2D eigenvalue weighted by molar-refractivity contribution is 5.96. The molecule has 0 saturated carbocycles. The fourth-order valence-electron chi connectivity index (χ4n) is 1.83. The molecule has 100 valence electrons. The Morgan fingerprint density at radius 1 is 1.11 bits per heavy atom. The minimum absolute atomic E-state index is 0.566. The molecule has 0 saturated heterocycles. The van der Waals surface area contributed by atoms with Crippen molar-refractivity contribution >= 4 is 5.84 Å². The molecule has 1 aromatic carbocycles. The molecule has 3 heteroatoms. The maximum atomic E-state index is 8.33. The zero-order valence-electron chi connectivity index (χ0n) is 12.0. The number of likely N-dealkylation sites (N-methyl/N-ethyl adjacent to an activating group) is 1. The van der Waals surface area contributed by atoms with Crippen LogP contribution in [0.15, 0.2) is 30.3 Å². The highest BCUT2D eigenvalue weighted by Gasteiger charge is 2.13. The van der Waals surface area contributed by atoms with Gasteiger partial charge < -0.3 is 9.80 Å². The average Bonchev–Trinajstić information content (AvgIpc) is 2.34. The molecule has 1 rings (SSSR count). The number of hydrogen-bond acceptors (Lipinski definition) is 2. The molecular formula is C15H25N3. The fraction of sp³-hybridized carbons (Fsp3) is 0.533. The van der Waals surface area contributed by atoms with Gasteiger partial charge in [-0.15, -0.1) is 0 Å². The fourth-order valence-corrected chi connectivity index (χ4v) is 1.83. The van der Waals surface area contributed by atoms with E-state index in [1.807, 2.05) is 30.3 Å². The van der Waals surface area contributed by atoms with Crippen LogP contribution in [0.3, 0.4) is 0 Å². The summed E-state index contributed by atoms with van der Waals surface area (Å²) >= 11 is 0. The number of rotatable bonds is 6. The van der Waals surface area contributed by atoms with Crippen molar-refractivity contribution in [3.63, 3.8) is 0 Å². The third-order valence-electron chi connectivity index (χ3n) is 2.77. The van der Waals surface area contributed by atoms with Crippen molar-refractivity contribution in [2.45, 2.75) is 13.8 Å². The van der Waals surface area contributed by atoms with Crippen LogP contribution in [0.25, 0.3) is 0 Å². The first-order valence-corrected chi connectivity index (χ1v) is 6.54. The van der Waals surface area contributed by atoms with E-state index in [0.29, 0.717) is 11.8 Å². The van der Waals surface area contributed by atoms with Gasteiger partial charge in [-0.3, -0.25) is 5.41 Å². The second-order valence-electron chi connectivity index (χ2n) is 5.36. The summed E-state index contributed by atoms with van der Waals surface area (Å²) in [6, 6.07) is 9.98. The quantitative estimate of drug-likeness (QED) is 0.618. The maximum absolute atomic E-state index is 8.33. The van der Waals surface area contributed by atoms with Crippen LogP contribution in [0.4, 0.5) is 0 Å². The number of nitrogens with zero attached hydrogens (tertiary/aromatic N) is 2. The standard InChI is InChI=1S/C15H25N3/c1-13(2)12-18(11-10-17(3)4)15(16)14-8-6-5-7-9-14/h5-9,13,16H,10-12H2,1-4H3. The second kappa shape index (κ2) is 7.17. The first-order valence-electron chi connectivity index (χ1n) is 6.54. The van der Waals surface area contributed by atoms with Crippen molar-refractivity contribution in [2.24, 2.45) is 5.92 Å². The van der Waals surface area contributed by atoms with Crippen LogP contribution < -0.4 is 0 Å². The summed E-state index contributed by atoms with van der Waals surface area (Å²) in [7, 11) is 4.14. The van der Waals surface area contributed by atoms with Crippen molar-refractivity contribution < 1.29 is 0 Å². The molecular weight excluding hydrogens is 222 g/mol. The normalized spacial score (nSPS) is 11.0. The van der Waals surface area contributed by atoms with Crippen molar-refractivity contribution in [2.75, 3.05) is 33.7 Å². The molecule has 0 aliphatic heterocycles. The molecule has 1 aromatic rings. The van der Waals surface area contributed by atoms with Gasteiger partial charge in [0.25, 0.3) is 0 Å². The van der Waals surface area contributed by atoms with Gasteiger partial charge in [-0.25, -0.2) is 0 Å². The Hall–Kier alpha value is -1.35. The number of benzene rings is 1. The Balaban J connectivity index is 2.72. The molecule has 0 spiro atoms. The summed E-state index contributed by atoms with van der Waals surface area (Å²) < 4.78 is 0. The van der Waals surface area contributed by atoms with Crippen LogP contribution in [0.5, 0.6) is 0 Å². The minimum atomic E-state index is 0.566. The van der Waals surface area contributed by atoms with E-state index in [1.165, 1.54) is 0 Å². The Morgan fingerprint density at radius 2 is 1.72 bits per heavy atom. The molecule has 0 atom stereocenters. The molecule has 1 N–H and O–H groups in total. The van der Waals surface area contributed by atoms with Crippen LogP contribution in [0.2, 0.25) is 0 Å². The zero-order valence-corrected chi connectivity index (χ0v) is 12.0. The first-order chi connectivity index (χ1) is 8.50. The van der Waals surface area contributed by atoms with Crippen LogP contribution in [0.1, 0.15) is 19.4 Å². The summed E-state index contributed by atoms with van der Waals surface area (Å²) in [6.07, 6.45) is 0. The van der Waals surface area contributed by atoms with E-state index in [1.54, 1.807) is 0 Å². The minimum Gasteiger partial charge on any atom is -0.355 e. The summed E-state index contributed by atoms with van der Waals surface area (Å²) in [5.74, 6) is 1.20. The molecule has 0 aromatic heterocycles. The smallest absolute Gasteiger partial charge is 0.128 e. The molecule has 0 aliphatic rings. The Bertz CT molecular complexity index is 357. The van der Waals surface area contributed by atoms with E-state index in [0.717, 1.165) is 25.2 Å². The number of hydrogen-bond donors (Lipinski definition) is 1. The Kier molecular flexibility index (Phi) is 5.86. The summed E-state index contributed by atoms with van der Waals surface area (Å²) in [4.78, 5) is 4.32. The molecule has 0 aliphatic carbocycles. The van der Waals surface area contributed by atoms with Crippen LogP contribution in [0, 0.1) is 11.3 Å². The van der Waals surface area contributed by atoms with E-state index in [2.05, 4.69) is 37.7 Å². The largest absolute Gasteiger partial charge is 0.355 e. The molecule has 0 amide bonds. The predicted molar refractivity (Wildman–Crippen MR) is 78.2 cm³/mol. The van der Waals surface area contributed by atoms with Crippen LogP contribution in [-0.2, 0) is 0 Å². The van der Waals surface area contributed by atoms with E-state index >= 15 is 0 Å². The van der Waals surface area contributed by atoms with Gasteiger partial charge in [-0.05, 0) is 20.0 Å². The number of nitrogens with one attached hydrogen (secondary N) is 1. The lowest BCUT2D eigenvalue weighted by atomic mass is 10.1. The zero-order chi connectivity index (χ0) is 13.5. The average molecular weight is 247 g/mol. The Morgan fingerprint density at radius 3 is 2.22 bits per heavy atom. The maximum Gasteiger partial charge on any atom is 0.128 e. The van der Waals surface area contributed by atoms with E-state index in [-0.39, 0.29) is 0 Å². The molecule has 0 fully saturated rings. The van der Waals surface area contributed by atoms with Crippen LogP contribution >= 0.6 is 0 Å². The van der Waals surface area contributed by atoms with Crippen molar-refractivity contribution in [1.29, 1.82) is 5.41 Å². The lowest BCUT2D eigenvalue weighted by Gasteiger charge is -2.28. The van der Waals surface area contributed by atoms with Gasteiger partial charge in [0.1, 0.15) is 5.84 Å². The monoisotopic (exact) mass is 247 g/mol. The molecule has 3 nitrogen and oxygen atoms in total. The van der Waals surface area contributed by atoms with Gasteiger partial charge in [0, 0.05) is 25.2 Å². The van der Waals surface area contributed by atoms with Gasteiger partial charge in [0.15, 0.2) is 0 Å². The van der Waals surface area contributed by atoms with Gasteiger partial charge in [0.2, 0.25) is 0 Å². The lowest BCUT2D eigenvalue weighted by Crippen LogP contribution is -2.39. The Labute approximate surface area is 111 Å². The molecule has 0 radical (unpaired) electrons. The van der Waals surface area contributed by atoms with Crippen molar-refractivity contribution in [3.05, 3.63) is 35.9 Å².